The molecule has 0 aliphatic heterocycles. The Morgan fingerprint density at radius 2 is 1.59 bits per heavy atom. The fourth-order valence-corrected chi connectivity index (χ4v) is 2.55. The first-order valence-corrected chi connectivity index (χ1v) is 9.09. The summed E-state index contributed by atoms with van der Waals surface area (Å²) in [5.74, 6) is -0.216. The number of nitrogens with two attached hydrogens (primary N) is 1. The molecule has 0 aromatic heterocycles. The second-order valence-electron chi connectivity index (χ2n) is 6.10. The molecule has 0 radical (unpaired) electrons. The van der Waals surface area contributed by atoms with Crippen LogP contribution in [0.1, 0.15) is 28.4 Å². The number of hydrogen-bond donors (Lipinski definition) is 2. The molecule has 0 bridgehead atoms. The van der Waals surface area contributed by atoms with Crippen LogP contribution in [0.5, 0.6) is 17.2 Å². The van der Waals surface area contributed by atoms with Gasteiger partial charge in [-0.05, 0) is 30.2 Å². The third-order valence-corrected chi connectivity index (χ3v) is 4.03. The number of hydrogen-bond acceptors (Lipinski definition) is 6. The number of nitrogens with one attached hydrogen (secondary N) is 1. The van der Waals surface area contributed by atoms with E-state index in [4.69, 9.17) is 24.7 Å². The lowest BCUT2D eigenvalue weighted by molar-refractivity contribution is -0.120. The van der Waals surface area contributed by atoms with Gasteiger partial charge in [-0.1, -0.05) is 24.3 Å². The summed E-state index contributed by atoms with van der Waals surface area (Å²) in [6, 6.07) is 10.8. The standard InChI is InChI=1S/C21H26N2O6/c1-4-28-12-15-7-5-14(6-8-15)11-23-21(25)16-9-17(26-2)20(18(10-16)27-3)29-13-19(22)24/h5-10H,4,11-13H2,1-3H3,(H2,22,24)(H,23,25). The Labute approximate surface area is 169 Å². The van der Waals surface area contributed by atoms with Crippen molar-refractivity contribution in [1.82, 2.24) is 5.32 Å². The van der Waals surface area contributed by atoms with Gasteiger partial charge in [-0.3, -0.25) is 9.59 Å². The highest BCUT2D eigenvalue weighted by Gasteiger charge is 2.18. The maximum Gasteiger partial charge on any atom is 0.255 e. The van der Waals surface area contributed by atoms with Crippen LogP contribution in [0.15, 0.2) is 36.4 Å². The lowest BCUT2D eigenvalue weighted by Crippen LogP contribution is -2.23. The van der Waals surface area contributed by atoms with Gasteiger partial charge in [-0.15, -0.1) is 0 Å². The summed E-state index contributed by atoms with van der Waals surface area (Å²) >= 11 is 0. The molecule has 2 aromatic carbocycles. The Kier molecular flexibility index (Phi) is 8.29. The zero-order valence-electron chi connectivity index (χ0n) is 16.8. The van der Waals surface area contributed by atoms with E-state index in [0.29, 0.717) is 25.3 Å². The number of amides is 2. The lowest BCUT2D eigenvalue weighted by atomic mass is 10.1. The number of benzene rings is 2. The topological polar surface area (TPSA) is 109 Å². The van der Waals surface area contributed by atoms with E-state index in [2.05, 4.69) is 5.32 Å². The van der Waals surface area contributed by atoms with E-state index in [1.54, 1.807) is 0 Å². The quantitative estimate of drug-likeness (QED) is 0.595. The average Bonchev–Trinajstić information content (AvgIpc) is 2.74. The summed E-state index contributed by atoms with van der Waals surface area (Å²) in [5.41, 5.74) is 7.47. The van der Waals surface area contributed by atoms with Crippen molar-refractivity contribution in [3.63, 3.8) is 0 Å². The number of methoxy groups -OCH3 is 2. The number of carbonyl (C=O) groups excluding carboxylic acids is 2. The molecule has 0 aliphatic carbocycles. The van der Waals surface area contributed by atoms with Gasteiger partial charge in [-0.2, -0.15) is 0 Å². The van der Waals surface area contributed by atoms with E-state index in [0.717, 1.165) is 11.1 Å². The fraction of sp³-hybridized carbons (Fsp3) is 0.333. The van der Waals surface area contributed by atoms with Gasteiger partial charge in [-0.25, -0.2) is 0 Å². The van der Waals surface area contributed by atoms with Crippen molar-refractivity contribution in [2.75, 3.05) is 27.4 Å². The fourth-order valence-electron chi connectivity index (χ4n) is 2.55. The smallest absolute Gasteiger partial charge is 0.255 e. The summed E-state index contributed by atoms with van der Waals surface area (Å²) in [4.78, 5) is 23.6. The molecule has 0 saturated carbocycles. The molecule has 0 atom stereocenters. The van der Waals surface area contributed by atoms with Crippen molar-refractivity contribution in [3.05, 3.63) is 53.1 Å². The molecule has 2 aromatic rings. The molecule has 8 nitrogen and oxygen atoms in total. The van der Waals surface area contributed by atoms with Gasteiger partial charge in [0.15, 0.2) is 18.1 Å². The van der Waals surface area contributed by atoms with Gasteiger partial charge < -0.3 is 30.0 Å². The maximum absolute atomic E-state index is 12.6. The third kappa shape index (κ3) is 6.39. The van der Waals surface area contributed by atoms with E-state index in [-0.39, 0.29) is 29.8 Å². The summed E-state index contributed by atoms with van der Waals surface area (Å²) in [5, 5.41) is 2.85. The summed E-state index contributed by atoms with van der Waals surface area (Å²) in [6.45, 7) is 3.20. The summed E-state index contributed by atoms with van der Waals surface area (Å²) in [6.07, 6.45) is 0. The minimum Gasteiger partial charge on any atom is -0.493 e. The molecule has 156 valence electrons. The normalized spacial score (nSPS) is 10.3. The molecule has 3 N–H and O–H groups in total. The van der Waals surface area contributed by atoms with Crippen molar-refractivity contribution in [2.45, 2.75) is 20.1 Å². The van der Waals surface area contributed by atoms with Crippen LogP contribution >= 0.6 is 0 Å². The SMILES string of the molecule is CCOCc1ccc(CNC(=O)c2cc(OC)c(OCC(N)=O)c(OC)c2)cc1. The van der Waals surface area contributed by atoms with Crippen molar-refractivity contribution in [3.8, 4) is 17.2 Å². The largest absolute Gasteiger partial charge is 0.493 e. The Morgan fingerprint density at radius 1 is 1.00 bits per heavy atom. The van der Waals surface area contributed by atoms with Crippen LogP contribution in [0, 0.1) is 0 Å². The zero-order chi connectivity index (χ0) is 21.2. The van der Waals surface area contributed by atoms with Crippen LogP contribution in [-0.2, 0) is 22.7 Å². The Morgan fingerprint density at radius 3 is 2.10 bits per heavy atom. The molecule has 2 amide bonds. The number of ether oxygens (including phenoxy) is 4. The molecule has 0 aliphatic rings. The number of rotatable bonds is 11. The van der Waals surface area contributed by atoms with Crippen LogP contribution in [0.2, 0.25) is 0 Å². The Hall–Kier alpha value is -3.26. The van der Waals surface area contributed by atoms with Gasteiger partial charge >= 0.3 is 0 Å². The number of carbonyl (C=O) groups is 2. The molecule has 0 fully saturated rings. The van der Waals surface area contributed by atoms with Gasteiger partial charge in [0, 0.05) is 18.7 Å². The van der Waals surface area contributed by atoms with Crippen molar-refractivity contribution < 1.29 is 28.5 Å². The highest BCUT2D eigenvalue weighted by molar-refractivity contribution is 5.95. The van der Waals surface area contributed by atoms with Crippen LogP contribution in [0.25, 0.3) is 0 Å². The molecular weight excluding hydrogens is 376 g/mol. The molecule has 29 heavy (non-hydrogen) atoms. The predicted octanol–water partition coefficient (Wildman–Crippen LogP) is 2.03. The zero-order valence-corrected chi connectivity index (χ0v) is 16.8. The summed E-state index contributed by atoms with van der Waals surface area (Å²) in [7, 11) is 2.86. The van der Waals surface area contributed by atoms with E-state index < -0.39 is 5.91 Å². The number of primary amides is 1. The van der Waals surface area contributed by atoms with Crippen LogP contribution in [-0.4, -0.2) is 39.2 Å². The Balaban J connectivity index is 2.08. The van der Waals surface area contributed by atoms with Gasteiger partial charge in [0.05, 0.1) is 20.8 Å². The minimum atomic E-state index is -0.636. The highest BCUT2D eigenvalue weighted by atomic mass is 16.5. The first kappa shape index (κ1) is 22.0. The highest BCUT2D eigenvalue weighted by Crippen LogP contribution is 2.38. The van der Waals surface area contributed by atoms with E-state index in [9.17, 15) is 9.59 Å². The van der Waals surface area contributed by atoms with Crippen LogP contribution in [0.3, 0.4) is 0 Å². The van der Waals surface area contributed by atoms with Gasteiger partial charge in [0.2, 0.25) is 5.75 Å². The van der Waals surface area contributed by atoms with Crippen molar-refractivity contribution >= 4 is 11.8 Å². The molecule has 8 heteroatoms. The molecule has 0 saturated heterocycles. The minimum absolute atomic E-state index is 0.204. The monoisotopic (exact) mass is 402 g/mol. The lowest BCUT2D eigenvalue weighted by Gasteiger charge is -2.15. The Bertz CT molecular complexity index is 811. The summed E-state index contributed by atoms with van der Waals surface area (Å²) < 4.78 is 21.3. The van der Waals surface area contributed by atoms with E-state index in [1.165, 1.54) is 26.4 Å². The molecule has 0 heterocycles. The van der Waals surface area contributed by atoms with E-state index >= 15 is 0 Å². The maximum atomic E-state index is 12.6. The van der Waals surface area contributed by atoms with Crippen LogP contribution in [0.4, 0.5) is 0 Å². The second kappa shape index (κ2) is 10.9. The van der Waals surface area contributed by atoms with Crippen molar-refractivity contribution in [1.29, 1.82) is 0 Å². The van der Waals surface area contributed by atoms with Gasteiger partial charge in [0.25, 0.3) is 11.8 Å². The molecule has 2 rings (SSSR count). The second-order valence-corrected chi connectivity index (χ2v) is 6.10. The van der Waals surface area contributed by atoms with Crippen molar-refractivity contribution in [2.24, 2.45) is 5.73 Å². The molecule has 0 spiro atoms. The predicted molar refractivity (Wildman–Crippen MR) is 107 cm³/mol. The van der Waals surface area contributed by atoms with E-state index in [1.807, 2.05) is 31.2 Å². The third-order valence-electron chi connectivity index (χ3n) is 4.03. The molecular formula is C21H26N2O6. The first-order chi connectivity index (χ1) is 14.0. The average molecular weight is 402 g/mol. The molecule has 0 unspecified atom stereocenters. The van der Waals surface area contributed by atoms with Crippen LogP contribution < -0.4 is 25.3 Å². The van der Waals surface area contributed by atoms with Gasteiger partial charge in [0.1, 0.15) is 0 Å². The first-order valence-electron chi connectivity index (χ1n) is 9.09.